The average Bonchev–Trinajstić information content (AvgIpc) is 3.05. The van der Waals surface area contributed by atoms with E-state index >= 15 is 4.39 Å². The van der Waals surface area contributed by atoms with Gasteiger partial charge in [-0.2, -0.15) is 0 Å². The maximum Gasteiger partial charge on any atom is -0.0184 e. The van der Waals surface area contributed by atoms with Crippen LogP contribution in [0, 0.1) is 17.8 Å². The number of nitrogens with one attached hydrogen (secondary N) is 1. The van der Waals surface area contributed by atoms with Crippen molar-refractivity contribution in [1.29, 1.82) is 0 Å². The van der Waals surface area contributed by atoms with Crippen LogP contribution in [0.2, 0.25) is 11.5 Å². The minimum absolute atomic E-state index is 0.168. The summed E-state index contributed by atoms with van der Waals surface area (Å²) in [6.07, 6.45) is 6.40. The van der Waals surface area contributed by atoms with Gasteiger partial charge in [-0.1, -0.05) is 60.7 Å². The second kappa shape index (κ2) is 10.9. The minimum atomic E-state index is -1.47. The molecule has 37 heavy (non-hydrogen) atoms. The predicted molar refractivity (Wildman–Crippen MR) is 155 cm³/mol. The van der Waals surface area contributed by atoms with Crippen LogP contribution < -0.4 is 3.80 Å². The fourth-order valence-corrected chi connectivity index (χ4v) is 27.7. The molecule has 2 aromatic rings. The smallest absolute Gasteiger partial charge is 0.0184 e. The van der Waals surface area contributed by atoms with E-state index in [1.54, 1.807) is 16.7 Å². The predicted octanol–water partition coefficient (Wildman–Crippen LogP) is 8.77. The SMILES string of the molecule is CC1=C(C)C(C)[C]([Ti]([NH]C23CC4CC(CC(F)(C4)C2)C3)[GeH]([CH3])[CH3])=C1C.c1ccc(-c2ccccc2)cc1. The molecule has 4 saturated carbocycles. The van der Waals surface area contributed by atoms with E-state index in [4.69, 9.17) is 0 Å². The molecule has 3 unspecified atom stereocenters. The fourth-order valence-electron chi connectivity index (χ4n) is 8.17. The van der Waals surface area contributed by atoms with Crippen molar-refractivity contribution in [2.24, 2.45) is 17.8 Å². The zero-order valence-corrected chi connectivity index (χ0v) is 27.7. The van der Waals surface area contributed by atoms with Gasteiger partial charge in [-0.25, -0.2) is 0 Å². The summed E-state index contributed by atoms with van der Waals surface area (Å²) < 4.78 is 21.6. The Morgan fingerprint density at radius 3 is 1.73 bits per heavy atom. The Labute approximate surface area is 233 Å². The van der Waals surface area contributed by atoms with Gasteiger partial charge >= 0.3 is 163 Å². The van der Waals surface area contributed by atoms with Crippen LogP contribution in [0.3, 0.4) is 0 Å². The summed E-state index contributed by atoms with van der Waals surface area (Å²) in [4.78, 5) is 0. The molecule has 0 aliphatic heterocycles. The molecular formula is C33H45FGeNTi. The third-order valence-corrected chi connectivity index (χ3v) is 28.9. The molecule has 5 aliphatic rings. The molecular weight excluding hydrogens is 550 g/mol. The van der Waals surface area contributed by atoms with Gasteiger partial charge in [0.15, 0.2) is 0 Å². The summed E-state index contributed by atoms with van der Waals surface area (Å²) in [6.45, 7) is 9.45. The zero-order chi connectivity index (χ0) is 26.4. The normalized spacial score (nSPS) is 32.2. The van der Waals surface area contributed by atoms with Gasteiger partial charge in [0, 0.05) is 0 Å². The zero-order valence-electron chi connectivity index (χ0n) is 23.7. The van der Waals surface area contributed by atoms with Crippen LogP contribution in [0.25, 0.3) is 11.1 Å². The topological polar surface area (TPSA) is 12.0 Å². The van der Waals surface area contributed by atoms with Gasteiger partial charge < -0.3 is 0 Å². The van der Waals surface area contributed by atoms with Gasteiger partial charge in [-0.15, -0.1) is 0 Å². The number of rotatable bonds is 5. The average molecular weight is 595 g/mol. The first-order valence-electron chi connectivity index (χ1n) is 14.4. The van der Waals surface area contributed by atoms with Crippen LogP contribution in [0.5, 0.6) is 0 Å². The van der Waals surface area contributed by atoms with Crippen LogP contribution >= 0.6 is 0 Å². The van der Waals surface area contributed by atoms with Crippen LogP contribution in [0.15, 0.2) is 81.3 Å². The summed E-state index contributed by atoms with van der Waals surface area (Å²) in [5.41, 5.74) is 6.63. The number of halogens is 1. The van der Waals surface area contributed by atoms with Crippen molar-refractivity contribution < 1.29 is 20.3 Å². The third kappa shape index (κ3) is 5.69. The number of alkyl halides is 1. The molecule has 7 rings (SSSR count). The summed E-state index contributed by atoms with van der Waals surface area (Å²) in [5, 5.41) is 0. The van der Waals surface area contributed by atoms with Gasteiger partial charge in [0.1, 0.15) is 0 Å². The third-order valence-electron chi connectivity index (χ3n) is 9.78. The van der Waals surface area contributed by atoms with Gasteiger partial charge in [0.05, 0.1) is 0 Å². The number of hydrogen-bond acceptors (Lipinski definition) is 1. The van der Waals surface area contributed by atoms with Crippen LogP contribution in [-0.2, 0) is 15.9 Å². The molecule has 3 atom stereocenters. The molecule has 0 spiro atoms. The van der Waals surface area contributed by atoms with E-state index in [9.17, 15) is 0 Å². The number of allylic oxidation sites excluding steroid dienone is 4. The molecule has 197 valence electrons. The Hall–Kier alpha value is -0.933. The standard InChI is InChI=1S/C12H10.C10H15FN.C9H13.C2H7Ge.Ti/c1-3-7-11(8-4-1)12-9-5-2-6-10-12;11-9-2-7-1-8(3-9)5-10(12,4-7)6-9;1-6-5-7(2)9(4)8(6)3;1-3-2;/h1-10H;7-8,12H,1-6H2;6H,1-4H3;3H,1-2H3;/q;-1;;;+1. The summed E-state index contributed by atoms with van der Waals surface area (Å²) >= 11 is -2.76. The summed E-state index contributed by atoms with van der Waals surface area (Å²) in [7, 11) is 0. The van der Waals surface area contributed by atoms with E-state index in [0.29, 0.717) is 17.8 Å². The van der Waals surface area contributed by atoms with Gasteiger partial charge in [-0.3, -0.25) is 0 Å². The molecule has 0 radical (unpaired) electrons. The first-order valence-corrected chi connectivity index (χ1v) is 26.7. The molecule has 0 saturated heterocycles. The molecule has 5 aliphatic carbocycles. The van der Waals surface area contributed by atoms with Crippen LogP contribution in [-0.4, -0.2) is 22.7 Å². The molecule has 0 aromatic heterocycles. The Morgan fingerprint density at radius 2 is 1.32 bits per heavy atom. The van der Waals surface area contributed by atoms with E-state index in [1.165, 1.54) is 30.4 Å². The first kappa shape index (κ1) is 27.6. The summed E-state index contributed by atoms with van der Waals surface area (Å²) in [5.74, 6) is 7.16. The van der Waals surface area contributed by atoms with Crippen molar-refractivity contribution in [3.63, 3.8) is 0 Å². The van der Waals surface area contributed by atoms with Crippen LogP contribution in [0.1, 0.15) is 66.2 Å². The van der Waals surface area contributed by atoms with Crippen LogP contribution in [0.4, 0.5) is 4.39 Å². The van der Waals surface area contributed by atoms with Crippen molar-refractivity contribution in [2.75, 3.05) is 0 Å². The fraction of sp³-hybridized carbons (Fsp3) is 0.515. The molecule has 0 heterocycles. The van der Waals surface area contributed by atoms with E-state index < -0.39 is 33.1 Å². The van der Waals surface area contributed by atoms with Gasteiger partial charge in [0.2, 0.25) is 0 Å². The minimum Gasteiger partial charge on any atom is -0.0622 e. The molecule has 1 N–H and O–H groups in total. The maximum atomic E-state index is 15.4. The molecule has 2 aromatic carbocycles. The molecule has 4 bridgehead atoms. The van der Waals surface area contributed by atoms with Gasteiger partial charge in [-0.05, 0) is 11.1 Å². The van der Waals surface area contributed by atoms with E-state index in [0.717, 1.165) is 19.3 Å². The quantitative estimate of drug-likeness (QED) is 0.341. The number of benzene rings is 2. The van der Waals surface area contributed by atoms with Crippen molar-refractivity contribution in [3.8, 4) is 11.1 Å². The number of hydrogen-bond donors (Lipinski definition) is 1. The Kier molecular flexibility index (Phi) is 8.15. The van der Waals surface area contributed by atoms with Crippen molar-refractivity contribution in [1.82, 2.24) is 3.80 Å². The summed E-state index contributed by atoms with van der Waals surface area (Å²) in [6, 6.07) is 20.8. The van der Waals surface area contributed by atoms with E-state index in [2.05, 4.69) is 91.5 Å². The van der Waals surface area contributed by atoms with Crippen molar-refractivity contribution >= 4 is 11.5 Å². The van der Waals surface area contributed by atoms with E-state index in [-0.39, 0.29) is 5.54 Å². The Morgan fingerprint density at radius 1 is 0.811 bits per heavy atom. The second-order valence-corrected chi connectivity index (χ2v) is 34.6. The molecule has 4 heteroatoms. The molecule has 1 nitrogen and oxygen atoms in total. The molecule has 4 fully saturated rings. The van der Waals surface area contributed by atoms with Crippen molar-refractivity contribution in [3.05, 3.63) is 81.3 Å². The van der Waals surface area contributed by atoms with Gasteiger partial charge in [0.25, 0.3) is 0 Å². The monoisotopic (exact) mass is 596 g/mol. The Balaban J connectivity index is 0.000000195. The first-order chi connectivity index (χ1) is 17.6. The second-order valence-electron chi connectivity index (χ2n) is 12.9. The largest absolute Gasteiger partial charge is 0.0622 e. The Bertz CT molecular complexity index is 1120. The van der Waals surface area contributed by atoms with E-state index in [1.807, 2.05) is 16.0 Å². The molecule has 0 amide bonds. The van der Waals surface area contributed by atoms with Crippen molar-refractivity contribution in [2.45, 2.75) is 88.9 Å². The maximum absolute atomic E-state index is 15.4.